The second-order valence-corrected chi connectivity index (χ2v) is 7.95. The fourth-order valence-corrected chi connectivity index (χ4v) is 2.40. The Hall–Kier alpha value is -2.30. The number of ether oxygens (including phenoxy) is 1. The number of carbonyl (C=O) groups is 1. The summed E-state index contributed by atoms with van der Waals surface area (Å²) in [6.45, 7) is 12.4. The number of benzene rings is 1. The van der Waals surface area contributed by atoms with Gasteiger partial charge in [0.1, 0.15) is 12.0 Å². The fourth-order valence-electron chi connectivity index (χ4n) is 2.40. The molecule has 2 rings (SSSR count). The van der Waals surface area contributed by atoms with Gasteiger partial charge in [-0.3, -0.25) is 0 Å². The smallest absolute Gasteiger partial charge is 0.360 e. The van der Waals surface area contributed by atoms with Crippen LogP contribution in [-0.4, -0.2) is 23.2 Å². The van der Waals surface area contributed by atoms with Crippen LogP contribution in [0.2, 0.25) is 0 Å². The van der Waals surface area contributed by atoms with E-state index in [1.54, 1.807) is 0 Å². The van der Waals surface area contributed by atoms with Crippen molar-refractivity contribution in [3.63, 3.8) is 0 Å². The molecule has 0 unspecified atom stereocenters. The van der Waals surface area contributed by atoms with Crippen molar-refractivity contribution in [1.82, 2.24) is 4.98 Å². The molecule has 0 radical (unpaired) electrons. The third-order valence-electron chi connectivity index (χ3n) is 3.91. The summed E-state index contributed by atoms with van der Waals surface area (Å²) >= 11 is 0. The Kier molecular flexibility index (Phi) is 4.48. The summed E-state index contributed by atoms with van der Waals surface area (Å²) in [5.74, 6) is -0.259. The third-order valence-corrected chi connectivity index (χ3v) is 3.91. The lowest BCUT2D eigenvalue weighted by atomic mass is 9.79. The van der Waals surface area contributed by atoms with Gasteiger partial charge >= 0.3 is 5.97 Å². The highest BCUT2D eigenvalue weighted by molar-refractivity contribution is 5.87. The summed E-state index contributed by atoms with van der Waals surface area (Å²) in [6, 6.07) is 3.88. The van der Waals surface area contributed by atoms with Crippen molar-refractivity contribution in [2.24, 2.45) is 0 Å². The van der Waals surface area contributed by atoms with Crippen LogP contribution in [0.15, 0.2) is 22.8 Å². The summed E-state index contributed by atoms with van der Waals surface area (Å²) in [5.41, 5.74) is 2.05. The second kappa shape index (κ2) is 5.96. The molecule has 0 aliphatic carbocycles. The first-order chi connectivity index (χ1) is 10.9. The Labute approximate surface area is 142 Å². The zero-order valence-electron chi connectivity index (χ0n) is 15.4. The molecule has 0 bridgehead atoms. The first-order valence-corrected chi connectivity index (χ1v) is 7.87. The van der Waals surface area contributed by atoms with E-state index >= 15 is 0 Å². The van der Waals surface area contributed by atoms with Crippen LogP contribution in [0.4, 0.5) is 0 Å². The van der Waals surface area contributed by atoms with Crippen LogP contribution in [0.25, 0.3) is 11.5 Å². The fraction of sp³-hybridized carbons (Fsp3) is 0.474. The number of oxazole rings is 1. The Bertz CT molecular complexity index is 761. The minimum atomic E-state index is -0.576. The average Bonchev–Trinajstić information content (AvgIpc) is 2.93. The number of hydrogen-bond acceptors (Lipinski definition) is 5. The molecule has 5 heteroatoms. The number of phenols is 1. The predicted molar refractivity (Wildman–Crippen MR) is 92.3 cm³/mol. The van der Waals surface area contributed by atoms with E-state index in [1.807, 2.05) is 32.9 Å². The number of aromatic hydroxyl groups is 1. The molecule has 5 nitrogen and oxygen atoms in total. The van der Waals surface area contributed by atoms with Crippen LogP contribution in [0.3, 0.4) is 0 Å². The minimum absolute atomic E-state index is 0.0744. The topological polar surface area (TPSA) is 72.6 Å². The summed E-state index contributed by atoms with van der Waals surface area (Å²) < 4.78 is 10.1. The predicted octanol–water partition coefficient (Wildman–Crippen LogP) is 4.43. The van der Waals surface area contributed by atoms with E-state index in [4.69, 9.17) is 4.42 Å². The van der Waals surface area contributed by atoms with Gasteiger partial charge in [-0.2, -0.15) is 0 Å². The summed E-state index contributed by atoms with van der Waals surface area (Å²) in [5, 5.41) is 10.8. The standard InChI is InChI=1S/C19H25NO4/c1-18(2,3)11-8-12(15(21)13(9-11)19(4,5)6)16-20-14(10-24-16)17(22)23-7/h8-10,21H,1-7H3. The number of esters is 1. The molecule has 0 spiro atoms. The molecule has 0 aliphatic heterocycles. The van der Waals surface area contributed by atoms with Crippen molar-refractivity contribution >= 4 is 5.97 Å². The third kappa shape index (κ3) is 3.45. The van der Waals surface area contributed by atoms with E-state index < -0.39 is 5.97 Å². The van der Waals surface area contributed by atoms with Crippen molar-refractivity contribution in [3.05, 3.63) is 35.2 Å². The van der Waals surface area contributed by atoms with Crippen LogP contribution in [0.1, 0.15) is 63.2 Å². The van der Waals surface area contributed by atoms with Crippen molar-refractivity contribution in [2.75, 3.05) is 7.11 Å². The van der Waals surface area contributed by atoms with Gasteiger partial charge in [0.2, 0.25) is 5.89 Å². The van der Waals surface area contributed by atoms with E-state index in [0.29, 0.717) is 5.56 Å². The van der Waals surface area contributed by atoms with Crippen LogP contribution in [-0.2, 0) is 15.6 Å². The van der Waals surface area contributed by atoms with Gasteiger partial charge in [-0.15, -0.1) is 0 Å². The number of aromatic nitrogens is 1. The van der Waals surface area contributed by atoms with E-state index in [-0.39, 0.29) is 28.2 Å². The maximum Gasteiger partial charge on any atom is 0.360 e. The largest absolute Gasteiger partial charge is 0.507 e. The molecule has 1 N–H and O–H groups in total. The van der Waals surface area contributed by atoms with Gasteiger partial charge < -0.3 is 14.3 Å². The maximum atomic E-state index is 11.6. The lowest BCUT2D eigenvalue weighted by Gasteiger charge is -2.27. The van der Waals surface area contributed by atoms with Gasteiger partial charge in [0.05, 0.1) is 12.7 Å². The van der Waals surface area contributed by atoms with Gasteiger partial charge in [-0.1, -0.05) is 47.6 Å². The highest BCUT2D eigenvalue weighted by Gasteiger charge is 2.27. The van der Waals surface area contributed by atoms with Gasteiger partial charge in [0.25, 0.3) is 0 Å². The van der Waals surface area contributed by atoms with E-state index in [0.717, 1.165) is 11.1 Å². The zero-order chi connectivity index (χ0) is 18.3. The number of phenolic OH excluding ortho intramolecular Hbond substituents is 1. The number of rotatable bonds is 2. The summed E-state index contributed by atoms with van der Waals surface area (Å²) in [6.07, 6.45) is 1.24. The SMILES string of the molecule is COC(=O)c1coc(-c2cc(C(C)(C)C)cc(C(C)(C)C)c2O)n1. The van der Waals surface area contributed by atoms with Crippen molar-refractivity contribution in [2.45, 2.75) is 52.4 Å². The molecule has 0 aliphatic rings. The Morgan fingerprint density at radius 2 is 1.75 bits per heavy atom. The van der Waals surface area contributed by atoms with E-state index in [2.05, 4.69) is 30.5 Å². The molecule has 130 valence electrons. The Morgan fingerprint density at radius 1 is 1.12 bits per heavy atom. The van der Waals surface area contributed by atoms with Gasteiger partial charge in [0.15, 0.2) is 5.69 Å². The normalized spacial score (nSPS) is 12.3. The molecular formula is C19H25NO4. The van der Waals surface area contributed by atoms with E-state index in [9.17, 15) is 9.90 Å². The summed E-state index contributed by atoms with van der Waals surface area (Å²) in [7, 11) is 1.28. The zero-order valence-corrected chi connectivity index (χ0v) is 15.4. The quantitative estimate of drug-likeness (QED) is 0.824. The van der Waals surface area contributed by atoms with Crippen molar-refractivity contribution in [3.8, 4) is 17.2 Å². The molecule has 1 heterocycles. The lowest BCUT2D eigenvalue weighted by molar-refractivity contribution is 0.0594. The number of nitrogens with zero attached hydrogens (tertiary/aromatic N) is 1. The first kappa shape index (κ1) is 18.0. The van der Waals surface area contributed by atoms with Crippen molar-refractivity contribution < 1.29 is 19.1 Å². The molecule has 0 saturated carbocycles. The number of methoxy groups -OCH3 is 1. The molecule has 0 amide bonds. The number of hydrogen-bond donors (Lipinski definition) is 1. The second-order valence-electron chi connectivity index (χ2n) is 7.95. The highest BCUT2D eigenvalue weighted by Crippen LogP contribution is 2.41. The van der Waals surface area contributed by atoms with Gasteiger partial charge in [0, 0.05) is 5.56 Å². The molecule has 0 atom stereocenters. The van der Waals surface area contributed by atoms with Gasteiger partial charge in [-0.25, -0.2) is 9.78 Å². The molecule has 1 aromatic heterocycles. The van der Waals surface area contributed by atoms with Crippen LogP contribution >= 0.6 is 0 Å². The van der Waals surface area contributed by atoms with Gasteiger partial charge in [-0.05, 0) is 22.5 Å². The highest BCUT2D eigenvalue weighted by atomic mass is 16.5. The molecule has 0 fully saturated rings. The summed E-state index contributed by atoms with van der Waals surface area (Å²) in [4.78, 5) is 15.7. The minimum Gasteiger partial charge on any atom is -0.507 e. The van der Waals surface area contributed by atoms with E-state index in [1.165, 1.54) is 13.4 Å². The van der Waals surface area contributed by atoms with Crippen LogP contribution in [0.5, 0.6) is 5.75 Å². The Balaban J connectivity index is 2.69. The van der Waals surface area contributed by atoms with Crippen LogP contribution < -0.4 is 0 Å². The molecule has 0 saturated heterocycles. The molecule has 2 aromatic rings. The average molecular weight is 331 g/mol. The van der Waals surface area contributed by atoms with Crippen LogP contribution in [0, 0.1) is 0 Å². The number of carbonyl (C=O) groups excluding carboxylic acids is 1. The first-order valence-electron chi connectivity index (χ1n) is 7.87. The molecular weight excluding hydrogens is 306 g/mol. The lowest BCUT2D eigenvalue weighted by Crippen LogP contribution is -2.17. The monoisotopic (exact) mass is 331 g/mol. The maximum absolute atomic E-state index is 11.6. The Morgan fingerprint density at radius 3 is 2.25 bits per heavy atom. The molecule has 1 aromatic carbocycles. The molecule has 24 heavy (non-hydrogen) atoms. The van der Waals surface area contributed by atoms with Crippen molar-refractivity contribution in [1.29, 1.82) is 0 Å².